The smallest absolute Gasteiger partial charge is 0.223 e. The summed E-state index contributed by atoms with van der Waals surface area (Å²) in [6, 6.07) is 1.85. The van der Waals surface area contributed by atoms with Crippen molar-refractivity contribution >= 4 is 5.91 Å². The van der Waals surface area contributed by atoms with Crippen LogP contribution in [0.15, 0.2) is 10.5 Å². The Morgan fingerprint density at radius 3 is 2.47 bits per heavy atom. The summed E-state index contributed by atoms with van der Waals surface area (Å²) in [5.74, 6) is 1.70. The summed E-state index contributed by atoms with van der Waals surface area (Å²) in [7, 11) is 0. The minimum atomic E-state index is -0.584. The molecule has 1 unspecified atom stereocenters. The molecular formula is C15H25NO3. The lowest BCUT2D eigenvalue weighted by Gasteiger charge is -2.14. The van der Waals surface area contributed by atoms with Gasteiger partial charge >= 0.3 is 0 Å². The van der Waals surface area contributed by atoms with Gasteiger partial charge in [0.1, 0.15) is 11.5 Å². The van der Waals surface area contributed by atoms with Crippen molar-refractivity contribution in [2.24, 2.45) is 5.92 Å². The van der Waals surface area contributed by atoms with E-state index in [4.69, 9.17) is 4.42 Å². The molecule has 0 saturated carbocycles. The highest BCUT2D eigenvalue weighted by molar-refractivity contribution is 5.78. The van der Waals surface area contributed by atoms with Gasteiger partial charge < -0.3 is 14.8 Å². The van der Waals surface area contributed by atoms with Crippen molar-refractivity contribution < 1.29 is 14.3 Å². The maximum atomic E-state index is 11.8. The highest BCUT2D eigenvalue weighted by Crippen LogP contribution is 2.23. The summed E-state index contributed by atoms with van der Waals surface area (Å²) >= 11 is 0. The van der Waals surface area contributed by atoms with Crippen molar-refractivity contribution in [1.82, 2.24) is 5.32 Å². The molecule has 4 heteroatoms. The lowest BCUT2D eigenvalue weighted by Crippen LogP contribution is -2.31. The fourth-order valence-electron chi connectivity index (χ4n) is 2.27. The molecule has 0 radical (unpaired) electrons. The topological polar surface area (TPSA) is 62.5 Å². The Morgan fingerprint density at radius 1 is 1.37 bits per heavy atom. The maximum Gasteiger partial charge on any atom is 0.223 e. The van der Waals surface area contributed by atoms with Gasteiger partial charge in [0.05, 0.1) is 6.10 Å². The van der Waals surface area contributed by atoms with Crippen LogP contribution in [0.3, 0.4) is 0 Å². The minimum absolute atomic E-state index is 0.0787. The third kappa shape index (κ3) is 4.39. The lowest BCUT2D eigenvalue weighted by molar-refractivity contribution is -0.125. The Morgan fingerprint density at radius 2 is 2.00 bits per heavy atom. The predicted octanol–water partition coefficient (Wildman–Crippen LogP) is 2.87. The van der Waals surface area contributed by atoms with Crippen LogP contribution in [0.1, 0.15) is 56.3 Å². The Hall–Kier alpha value is -1.29. The highest BCUT2D eigenvalue weighted by atomic mass is 16.3. The number of aliphatic hydroxyl groups excluding tert-OH is 1. The molecule has 0 aliphatic heterocycles. The largest absolute Gasteiger partial charge is 0.466 e. The number of carbonyl (C=O) groups excluding carboxylic acids is 1. The van der Waals surface area contributed by atoms with Crippen LogP contribution in [0.25, 0.3) is 0 Å². The van der Waals surface area contributed by atoms with Gasteiger partial charge in [-0.3, -0.25) is 4.79 Å². The fraction of sp³-hybridized carbons (Fsp3) is 0.667. The van der Waals surface area contributed by atoms with E-state index in [-0.39, 0.29) is 11.8 Å². The first-order valence-corrected chi connectivity index (χ1v) is 7.02. The first-order valence-electron chi connectivity index (χ1n) is 7.02. The first-order chi connectivity index (χ1) is 8.99. The van der Waals surface area contributed by atoms with E-state index in [1.807, 2.05) is 33.8 Å². The van der Waals surface area contributed by atoms with Crippen LogP contribution < -0.4 is 5.32 Å². The molecule has 108 valence electrons. The van der Waals surface area contributed by atoms with E-state index in [0.717, 1.165) is 29.9 Å². The van der Waals surface area contributed by atoms with Gasteiger partial charge in [0.25, 0.3) is 0 Å². The average molecular weight is 267 g/mol. The van der Waals surface area contributed by atoms with Crippen LogP contribution in [-0.4, -0.2) is 17.6 Å². The molecule has 0 saturated heterocycles. The molecule has 1 aromatic heterocycles. The molecule has 0 fully saturated rings. The summed E-state index contributed by atoms with van der Waals surface area (Å²) < 4.78 is 5.39. The monoisotopic (exact) mass is 267 g/mol. The second-order valence-electron chi connectivity index (χ2n) is 4.98. The van der Waals surface area contributed by atoms with Gasteiger partial charge in [-0.2, -0.15) is 0 Å². The van der Waals surface area contributed by atoms with Gasteiger partial charge in [-0.25, -0.2) is 0 Å². The molecule has 0 aliphatic rings. The van der Waals surface area contributed by atoms with E-state index < -0.39 is 6.10 Å². The molecule has 0 aliphatic carbocycles. The first kappa shape index (κ1) is 15.8. The normalized spacial score (nSPS) is 12.7. The summed E-state index contributed by atoms with van der Waals surface area (Å²) in [5, 5.41) is 13.0. The molecule has 2 N–H and O–H groups in total. The van der Waals surface area contributed by atoms with Crippen molar-refractivity contribution in [1.29, 1.82) is 0 Å². The molecule has 0 bridgehead atoms. The molecule has 0 spiro atoms. The van der Waals surface area contributed by atoms with Crippen LogP contribution in [-0.2, 0) is 4.79 Å². The van der Waals surface area contributed by atoms with E-state index in [1.54, 1.807) is 0 Å². The Balaban J connectivity index is 2.41. The molecule has 0 aromatic carbocycles. The van der Waals surface area contributed by atoms with Crippen LogP contribution in [0.2, 0.25) is 0 Å². The number of aliphatic hydroxyl groups is 1. The van der Waals surface area contributed by atoms with Crippen LogP contribution >= 0.6 is 0 Å². The van der Waals surface area contributed by atoms with Crippen molar-refractivity contribution in [2.45, 2.75) is 53.1 Å². The van der Waals surface area contributed by atoms with E-state index >= 15 is 0 Å². The van der Waals surface area contributed by atoms with E-state index in [2.05, 4.69) is 5.32 Å². The van der Waals surface area contributed by atoms with Crippen LogP contribution in [0, 0.1) is 19.8 Å². The number of carbonyl (C=O) groups is 1. The molecular weight excluding hydrogens is 242 g/mol. The third-order valence-corrected chi connectivity index (χ3v) is 3.51. The highest BCUT2D eigenvalue weighted by Gasteiger charge is 2.16. The van der Waals surface area contributed by atoms with Gasteiger partial charge in [0.15, 0.2) is 0 Å². The standard InChI is InChI=1S/C15H25NO3/c1-5-12(6-2)15(18)16-8-7-14(17)13-9-10(3)19-11(13)4/h9,12,14,17H,5-8H2,1-4H3,(H,16,18). The Kier molecular flexibility index (Phi) is 6.09. The van der Waals surface area contributed by atoms with Crippen molar-refractivity contribution in [2.75, 3.05) is 6.54 Å². The average Bonchev–Trinajstić information content (AvgIpc) is 2.70. The second-order valence-corrected chi connectivity index (χ2v) is 4.98. The number of amides is 1. The van der Waals surface area contributed by atoms with Gasteiger partial charge in [0, 0.05) is 18.0 Å². The van der Waals surface area contributed by atoms with Crippen molar-refractivity contribution in [3.8, 4) is 0 Å². The van der Waals surface area contributed by atoms with Gasteiger partial charge in [-0.1, -0.05) is 13.8 Å². The predicted molar refractivity (Wildman–Crippen MR) is 74.8 cm³/mol. The van der Waals surface area contributed by atoms with E-state index in [0.29, 0.717) is 13.0 Å². The molecule has 1 amide bonds. The third-order valence-electron chi connectivity index (χ3n) is 3.51. The Labute approximate surface area is 115 Å². The molecule has 1 atom stereocenters. The number of hydrogen-bond acceptors (Lipinski definition) is 3. The number of hydrogen-bond donors (Lipinski definition) is 2. The minimum Gasteiger partial charge on any atom is -0.466 e. The summed E-state index contributed by atoms with van der Waals surface area (Å²) in [6.45, 7) is 8.22. The number of aryl methyl sites for hydroxylation is 2. The molecule has 1 heterocycles. The number of nitrogens with one attached hydrogen (secondary N) is 1. The van der Waals surface area contributed by atoms with E-state index in [1.165, 1.54) is 0 Å². The zero-order chi connectivity index (χ0) is 14.4. The lowest BCUT2D eigenvalue weighted by atomic mass is 10.0. The number of furan rings is 1. The maximum absolute atomic E-state index is 11.8. The summed E-state index contributed by atoms with van der Waals surface area (Å²) in [6.07, 6.45) is 1.63. The van der Waals surface area contributed by atoms with Crippen LogP contribution in [0.5, 0.6) is 0 Å². The SMILES string of the molecule is CCC(CC)C(=O)NCCC(O)c1cc(C)oc1C. The number of rotatable bonds is 7. The quantitative estimate of drug-likeness (QED) is 0.798. The summed E-state index contributed by atoms with van der Waals surface area (Å²) in [5.41, 5.74) is 0.814. The van der Waals surface area contributed by atoms with Gasteiger partial charge in [-0.15, -0.1) is 0 Å². The zero-order valence-corrected chi connectivity index (χ0v) is 12.3. The molecule has 1 rings (SSSR count). The van der Waals surface area contributed by atoms with Crippen molar-refractivity contribution in [3.05, 3.63) is 23.2 Å². The molecule has 4 nitrogen and oxygen atoms in total. The van der Waals surface area contributed by atoms with E-state index in [9.17, 15) is 9.90 Å². The fourth-order valence-corrected chi connectivity index (χ4v) is 2.27. The molecule has 1 aromatic rings. The molecule has 19 heavy (non-hydrogen) atoms. The summed E-state index contributed by atoms with van der Waals surface area (Å²) in [4.78, 5) is 11.8. The second kappa shape index (κ2) is 7.34. The van der Waals surface area contributed by atoms with Crippen LogP contribution in [0.4, 0.5) is 0 Å². The van der Waals surface area contributed by atoms with Gasteiger partial charge in [-0.05, 0) is 39.2 Å². The van der Waals surface area contributed by atoms with Gasteiger partial charge in [0.2, 0.25) is 5.91 Å². The zero-order valence-electron chi connectivity index (χ0n) is 12.3. The Bertz CT molecular complexity index is 408. The van der Waals surface area contributed by atoms with Crippen molar-refractivity contribution in [3.63, 3.8) is 0 Å².